The number of hydrogen-bond acceptors (Lipinski definition) is 10. The number of carboxylic acid groups (broad SMARTS) is 1. The van der Waals surface area contributed by atoms with Crippen molar-refractivity contribution >= 4 is 53.2 Å². The summed E-state index contributed by atoms with van der Waals surface area (Å²) >= 11 is 1.71. The van der Waals surface area contributed by atoms with Crippen LogP contribution >= 0.6 is 0 Å². The first-order valence-electron chi connectivity index (χ1n) is 16.9. The normalized spacial score (nSPS) is 19.5. The van der Waals surface area contributed by atoms with Gasteiger partial charge in [-0.05, 0) is 18.4 Å². The Bertz CT molecular complexity index is 1730. The van der Waals surface area contributed by atoms with Gasteiger partial charge in [-0.3, -0.25) is 33.8 Å². The van der Waals surface area contributed by atoms with Gasteiger partial charge in [0, 0.05) is 13.0 Å². The smallest absolute Gasteiger partial charge is 0.305 e. The number of amides is 6. The maximum absolute atomic E-state index is 13.9. The van der Waals surface area contributed by atoms with Crippen LogP contribution in [0.15, 0.2) is 58.8 Å². The molecule has 0 bridgehead atoms. The Labute approximate surface area is 320 Å². The van der Waals surface area contributed by atoms with E-state index in [2.05, 4.69) is 50.4 Å². The Hall–Kier alpha value is -5.91. The van der Waals surface area contributed by atoms with E-state index in [9.17, 15) is 38.7 Å². The Morgan fingerprint density at radius 1 is 0.852 bits per heavy atom. The van der Waals surface area contributed by atoms with E-state index in [-0.39, 0.29) is 50.6 Å². The summed E-state index contributed by atoms with van der Waals surface area (Å²) in [6.45, 7) is -0.305. The fourth-order valence-corrected chi connectivity index (χ4v) is 5.42. The molecule has 2 heterocycles. The van der Waals surface area contributed by atoms with Crippen molar-refractivity contribution in [2.75, 3.05) is 19.6 Å². The molecular weight excluding hydrogens is 790 g/mol. The van der Waals surface area contributed by atoms with Crippen molar-refractivity contribution in [2.24, 2.45) is 21.6 Å². The van der Waals surface area contributed by atoms with Crippen LogP contribution in [0.3, 0.4) is 0 Å². The predicted octanol–water partition coefficient (Wildman–Crippen LogP) is -2.30. The van der Waals surface area contributed by atoms with Gasteiger partial charge in [0.05, 0.1) is 13.0 Å². The van der Waals surface area contributed by atoms with Gasteiger partial charge < -0.3 is 43.2 Å². The molecule has 20 nitrogen and oxygen atoms in total. The third kappa shape index (κ3) is 15.0. The Morgan fingerprint density at radius 3 is 2.15 bits per heavy atom. The van der Waals surface area contributed by atoms with Crippen LogP contribution in [0.2, 0.25) is 0 Å². The minimum Gasteiger partial charge on any atom is -0.481 e. The number of hydrogen-bond donors (Lipinski definition) is 9. The molecule has 3 rings (SSSR count). The molecule has 1 aromatic heterocycles. The number of aromatic nitrogens is 1. The first-order valence-corrected chi connectivity index (χ1v) is 17.7. The van der Waals surface area contributed by atoms with Crippen molar-refractivity contribution < 1.29 is 57.4 Å². The summed E-state index contributed by atoms with van der Waals surface area (Å²) in [5, 5.41) is 28.6. The molecule has 1 aromatic carbocycles. The van der Waals surface area contributed by atoms with Crippen LogP contribution in [0.5, 0.6) is 0 Å². The number of rotatable bonds is 15. The molecule has 0 aliphatic carbocycles. The SMILES string of the molecule is NC(N)=NCCC[C@@H]1NC(=O)[C@H](CCCCNC(=O)c2ccc(N=[N+]=[Tc])nc2)NC(=O)[C@@H](Cc2ccccc2)NC(=O)[C@H](CC(=O)O)NC(=O)CNC1=O. The van der Waals surface area contributed by atoms with E-state index in [0.717, 1.165) is 0 Å². The number of nitrogens with one attached hydrogen (secondary N) is 6. The standard InChI is InChI=1S/C33H43N12O8.Tc/c34-33(35)38-14-6-10-21-29(50)40-18-26(46)41-24(16-27(47)48)32(53)44-23(15-19-7-2-1-3-8-19)31(52)43-22(30(51)42-21)9-4-5-13-37-28(49)20-11-12-25(45-36)39-17-20;/h1-3,7-8,11-12,17,21-24H,4-6,9-10,13-16,18H2,(H,37,49)(H,40,50)(H,41,46)(H,42,51)(H,43,52)(H,44,53)(H,47,48)(H4,34,35,38);/q-1;+2/t21-,22-,23+,24-;/m0./s1. The molecular formula is C33H43N12O8Tc+. The Kier molecular flexibility index (Phi) is 17.5. The van der Waals surface area contributed by atoms with Gasteiger partial charge in [0.2, 0.25) is 29.5 Å². The molecule has 6 amide bonds. The van der Waals surface area contributed by atoms with Gasteiger partial charge >= 0.3 is 110 Å². The van der Waals surface area contributed by atoms with Gasteiger partial charge in [-0.25, -0.2) is 0 Å². The van der Waals surface area contributed by atoms with E-state index in [4.69, 9.17) is 11.5 Å². The quantitative estimate of drug-likeness (QED) is 0.0302. The average molecular weight is 834 g/mol. The summed E-state index contributed by atoms with van der Waals surface area (Å²) < 4.78 is 3.60. The van der Waals surface area contributed by atoms with Crippen molar-refractivity contribution in [1.82, 2.24) is 40.3 Å². The molecule has 1 aliphatic heterocycles. The largest absolute Gasteiger partial charge is 0.481 e. The molecule has 0 saturated carbocycles. The molecule has 1 saturated heterocycles. The number of carbonyl (C=O) groups excluding carboxylic acids is 6. The second-order valence-corrected chi connectivity index (χ2v) is 12.5. The van der Waals surface area contributed by atoms with E-state index in [0.29, 0.717) is 29.8 Å². The summed E-state index contributed by atoms with van der Waals surface area (Å²) in [4.78, 5) is 99.2. The second-order valence-electron chi connectivity index (χ2n) is 12.1. The molecule has 0 radical (unpaired) electrons. The zero-order valence-electron chi connectivity index (χ0n) is 29.1. The van der Waals surface area contributed by atoms with Crippen LogP contribution in [0.1, 0.15) is 54.4 Å². The minimum absolute atomic E-state index is 0.0394. The van der Waals surface area contributed by atoms with Crippen LogP contribution in [-0.4, -0.2) is 101 Å². The molecule has 0 unspecified atom stereocenters. The fraction of sp³-hybridized carbons (Fsp3) is 0.424. The van der Waals surface area contributed by atoms with Crippen LogP contribution in [-0.2, 0) is 53.9 Å². The molecule has 0 spiro atoms. The van der Waals surface area contributed by atoms with Gasteiger partial charge in [0.1, 0.15) is 24.2 Å². The van der Waals surface area contributed by atoms with Gasteiger partial charge in [0.25, 0.3) is 0 Å². The zero-order chi connectivity index (χ0) is 39.5. The number of nitrogens with zero attached hydrogens (tertiary/aromatic N) is 4. The van der Waals surface area contributed by atoms with Gasteiger partial charge in [0.15, 0.2) is 5.96 Å². The Balaban J connectivity index is 1.85. The number of carbonyl (C=O) groups is 7. The third-order valence-corrected chi connectivity index (χ3v) is 8.12. The maximum Gasteiger partial charge on any atom is 0.305 e. The molecule has 2 aromatic rings. The summed E-state index contributed by atoms with van der Waals surface area (Å²) in [6.07, 6.45) is 1.55. The van der Waals surface area contributed by atoms with Crippen molar-refractivity contribution in [3.63, 3.8) is 0 Å². The summed E-state index contributed by atoms with van der Waals surface area (Å²) in [5.41, 5.74) is 11.7. The van der Waals surface area contributed by atoms with Crippen LogP contribution in [0.4, 0.5) is 5.82 Å². The number of aliphatic carboxylic acids is 1. The first kappa shape index (κ1) is 42.5. The summed E-state index contributed by atoms with van der Waals surface area (Å²) in [7, 11) is 0. The molecule has 289 valence electrons. The summed E-state index contributed by atoms with van der Waals surface area (Å²) in [6, 6.07) is 6.41. The van der Waals surface area contributed by atoms with Gasteiger partial charge in [-0.2, -0.15) is 0 Å². The number of pyridine rings is 1. The summed E-state index contributed by atoms with van der Waals surface area (Å²) in [5.74, 6) is -5.72. The zero-order valence-corrected chi connectivity index (χ0v) is 31.0. The van der Waals surface area contributed by atoms with E-state index >= 15 is 0 Å². The van der Waals surface area contributed by atoms with E-state index < -0.39 is 72.6 Å². The number of guanidine groups is 1. The first-order chi connectivity index (χ1) is 25.9. The van der Waals surface area contributed by atoms with Crippen LogP contribution in [0.25, 0.3) is 0 Å². The molecule has 21 heteroatoms. The molecule has 1 fully saturated rings. The average Bonchev–Trinajstić information content (AvgIpc) is 3.13. The predicted molar refractivity (Wildman–Crippen MR) is 188 cm³/mol. The van der Waals surface area contributed by atoms with Gasteiger partial charge in [-0.15, -0.1) is 0 Å². The van der Waals surface area contributed by atoms with E-state index in [1.54, 1.807) is 55.1 Å². The third-order valence-electron chi connectivity index (χ3n) is 7.94. The fourth-order valence-electron chi connectivity index (χ4n) is 5.23. The Morgan fingerprint density at radius 2 is 1.50 bits per heavy atom. The monoisotopic (exact) mass is 832 g/mol. The second kappa shape index (κ2) is 22.2. The molecule has 11 N–H and O–H groups in total. The number of nitrogens with two attached hydrogens (primary N) is 2. The number of benzene rings is 1. The van der Waals surface area contributed by atoms with E-state index in [1.165, 1.54) is 12.3 Å². The van der Waals surface area contributed by atoms with Crippen molar-refractivity contribution in [3.8, 4) is 0 Å². The molecule has 1 aliphatic rings. The van der Waals surface area contributed by atoms with Crippen LogP contribution in [0, 0.1) is 0 Å². The number of carboxylic acids is 1. The number of unbranched alkanes of at least 4 members (excludes halogenated alkanes) is 1. The minimum atomic E-state index is -1.60. The topological polar surface area (TPSA) is 316 Å². The maximum atomic E-state index is 13.9. The molecule has 4 atom stereocenters. The van der Waals surface area contributed by atoms with Crippen molar-refractivity contribution in [1.29, 1.82) is 0 Å². The van der Waals surface area contributed by atoms with Gasteiger partial charge in [-0.1, -0.05) is 30.3 Å². The van der Waals surface area contributed by atoms with Crippen molar-refractivity contribution in [3.05, 3.63) is 59.8 Å². The number of aliphatic imine (C=N–C) groups is 1. The molecule has 54 heavy (non-hydrogen) atoms. The van der Waals surface area contributed by atoms with Crippen molar-refractivity contribution in [2.45, 2.75) is 69.1 Å². The van der Waals surface area contributed by atoms with Crippen LogP contribution < -0.4 is 46.8 Å². The van der Waals surface area contributed by atoms with E-state index in [1.807, 2.05) is 0 Å².